The molecule has 102 valence electrons. The summed E-state index contributed by atoms with van der Waals surface area (Å²) in [5.41, 5.74) is 0. The average Bonchev–Trinajstić information content (AvgIpc) is 2.94. The monoisotopic (exact) mass is 280 g/mol. The molecule has 1 N–H and O–H groups in total. The van der Waals surface area contributed by atoms with Crippen LogP contribution in [0.2, 0.25) is 0 Å². The fourth-order valence-corrected chi connectivity index (χ4v) is 2.30. The van der Waals surface area contributed by atoms with E-state index in [1.54, 1.807) is 11.0 Å². The molecule has 0 aliphatic heterocycles. The molecular weight excluding hydrogens is 264 g/mol. The van der Waals surface area contributed by atoms with Crippen LogP contribution in [0.25, 0.3) is 0 Å². The Balaban J connectivity index is 1.90. The summed E-state index contributed by atoms with van der Waals surface area (Å²) in [4.78, 5) is 17.7. The lowest BCUT2D eigenvalue weighted by Crippen LogP contribution is -2.05. The first-order valence-corrected chi connectivity index (χ1v) is 6.87. The zero-order chi connectivity index (χ0) is 13.8. The largest absolute Gasteiger partial charge is 0.302 e. The third kappa shape index (κ3) is 3.82. The first-order valence-electron chi connectivity index (χ1n) is 6.05. The van der Waals surface area contributed by atoms with Crippen molar-refractivity contribution in [1.29, 1.82) is 0 Å². The molecule has 0 unspecified atom stereocenters. The van der Waals surface area contributed by atoms with Crippen LogP contribution in [-0.2, 0) is 17.6 Å². The number of thiazole rings is 1. The van der Waals surface area contributed by atoms with Gasteiger partial charge in [-0.2, -0.15) is 4.80 Å². The van der Waals surface area contributed by atoms with Crippen molar-refractivity contribution >= 4 is 22.4 Å². The molecule has 0 spiro atoms. The average molecular weight is 280 g/mol. The van der Waals surface area contributed by atoms with E-state index in [1.807, 2.05) is 13.8 Å². The maximum atomic E-state index is 10.9. The number of amides is 1. The van der Waals surface area contributed by atoms with E-state index in [1.165, 1.54) is 18.3 Å². The molecule has 0 aliphatic rings. The van der Waals surface area contributed by atoms with Crippen molar-refractivity contribution in [2.45, 2.75) is 39.7 Å². The van der Waals surface area contributed by atoms with E-state index < -0.39 is 0 Å². The van der Waals surface area contributed by atoms with E-state index in [2.05, 4.69) is 25.7 Å². The predicted molar refractivity (Wildman–Crippen MR) is 72.0 cm³/mol. The lowest BCUT2D eigenvalue weighted by molar-refractivity contribution is -0.114. The van der Waals surface area contributed by atoms with Gasteiger partial charge in [0.1, 0.15) is 0 Å². The van der Waals surface area contributed by atoms with Crippen LogP contribution in [0.1, 0.15) is 37.5 Å². The number of carbonyl (C=O) groups is 1. The molecule has 7 nitrogen and oxygen atoms in total. The summed E-state index contributed by atoms with van der Waals surface area (Å²) in [5.74, 6) is 0.616. The Morgan fingerprint density at radius 2 is 2.26 bits per heavy atom. The summed E-state index contributed by atoms with van der Waals surface area (Å²) in [6.07, 6.45) is 3.28. The van der Waals surface area contributed by atoms with Gasteiger partial charge in [0, 0.05) is 24.4 Å². The third-order valence-corrected chi connectivity index (χ3v) is 3.34. The highest BCUT2D eigenvalue weighted by Crippen LogP contribution is 2.19. The van der Waals surface area contributed by atoms with Gasteiger partial charge in [0.05, 0.1) is 6.04 Å². The van der Waals surface area contributed by atoms with E-state index in [0.29, 0.717) is 11.6 Å². The topological polar surface area (TPSA) is 85.6 Å². The summed E-state index contributed by atoms with van der Waals surface area (Å²) < 4.78 is 0. The number of anilines is 1. The second-order valence-electron chi connectivity index (χ2n) is 4.43. The van der Waals surface area contributed by atoms with Gasteiger partial charge in [0.15, 0.2) is 11.0 Å². The van der Waals surface area contributed by atoms with Gasteiger partial charge in [-0.05, 0) is 25.5 Å². The Kier molecular flexibility index (Phi) is 4.20. The molecule has 0 aromatic carbocycles. The van der Waals surface area contributed by atoms with Crippen LogP contribution in [0.5, 0.6) is 0 Å². The van der Waals surface area contributed by atoms with Crippen LogP contribution in [-0.4, -0.2) is 31.1 Å². The molecule has 2 aromatic rings. The van der Waals surface area contributed by atoms with Crippen molar-refractivity contribution in [2.75, 3.05) is 5.32 Å². The van der Waals surface area contributed by atoms with Crippen LogP contribution in [0.4, 0.5) is 5.13 Å². The Hall–Kier alpha value is -1.83. The van der Waals surface area contributed by atoms with Crippen molar-refractivity contribution in [3.63, 3.8) is 0 Å². The lowest BCUT2D eigenvalue weighted by atomic mass is 10.3. The van der Waals surface area contributed by atoms with Crippen molar-refractivity contribution in [3.05, 3.63) is 16.9 Å². The molecule has 0 atom stereocenters. The van der Waals surface area contributed by atoms with Gasteiger partial charge in [0.25, 0.3) is 0 Å². The molecule has 2 rings (SSSR count). The summed E-state index contributed by atoms with van der Waals surface area (Å²) >= 11 is 1.47. The number of aromatic nitrogens is 5. The van der Waals surface area contributed by atoms with Crippen LogP contribution >= 0.6 is 11.3 Å². The fourth-order valence-electron chi connectivity index (χ4n) is 1.44. The van der Waals surface area contributed by atoms with Crippen LogP contribution in [0.15, 0.2) is 6.20 Å². The number of aryl methyl sites for hydroxylation is 2. The molecule has 0 aliphatic carbocycles. The molecule has 0 radical (unpaired) electrons. The molecule has 2 aromatic heterocycles. The first-order chi connectivity index (χ1) is 9.04. The zero-order valence-electron chi connectivity index (χ0n) is 11.1. The summed E-state index contributed by atoms with van der Waals surface area (Å²) in [7, 11) is 0. The maximum Gasteiger partial charge on any atom is 0.223 e. The molecule has 0 fully saturated rings. The van der Waals surface area contributed by atoms with Gasteiger partial charge in [0.2, 0.25) is 5.91 Å². The first kappa shape index (κ1) is 13.6. The molecule has 0 saturated carbocycles. The maximum absolute atomic E-state index is 10.9. The number of carbonyl (C=O) groups excluding carboxylic acids is 1. The molecule has 2 heterocycles. The molecule has 0 saturated heterocycles. The van der Waals surface area contributed by atoms with E-state index >= 15 is 0 Å². The second-order valence-corrected chi connectivity index (χ2v) is 5.55. The van der Waals surface area contributed by atoms with Gasteiger partial charge in [-0.25, -0.2) is 4.98 Å². The SMILES string of the molecule is CC(=O)Nc1ncc(CCc2nnn(C(C)C)n2)s1. The number of rotatable bonds is 5. The zero-order valence-corrected chi connectivity index (χ0v) is 11.9. The lowest BCUT2D eigenvalue weighted by Gasteiger charge is -1.98. The second kappa shape index (κ2) is 5.87. The number of nitrogens with zero attached hydrogens (tertiary/aromatic N) is 5. The minimum absolute atomic E-state index is 0.109. The number of nitrogens with one attached hydrogen (secondary N) is 1. The third-order valence-electron chi connectivity index (χ3n) is 2.36. The van der Waals surface area contributed by atoms with Crippen molar-refractivity contribution < 1.29 is 4.79 Å². The van der Waals surface area contributed by atoms with E-state index in [0.717, 1.165) is 17.1 Å². The van der Waals surface area contributed by atoms with Crippen molar-refractivity contribution in [2.24, 2.45) is 0 Å². The predicted octanol–water partition coefficient (Wildman–Crippen LogP) is 1.45. The molecule has 1 amide bonds. The normalized spacial score (nSPS) is 10.9. The van der Waals surface area contributed by atoms with Gasteiger partial charge < -0.3 is 5.32 Å². The van der Waals surface area contributed by atoms with Gasteiger partial charge in [-0.3, -0.25) is 4.79 Å². The molecular formula is C11H16N6OS. The summed E-state index contributed by atoms with van der Waals surface area (Å²) in [6, 6.07) is 0.219. The molecule has 19 heavy (non-hydrogen) atoms. The van der Waals surface area contributed by atoms with Crippen LogP contribution in [0.3, 0.4) is 0 Å². The minimum atomic E-state index is -0.109. The van der Waals surface area contributed by atoms with Crippen molar-refractivity contribution in [3.8, 4) is 0 Å². The Labute approximate surface area is 115 Å². The summed E-state index contributed by atoms with van der Waals surface area (Å²) in [6.45, 7) is 5.48. The van der Waals surface area contributed by atoms with E-state index in [-0.39, 0.29) is 11.9 Å². The Bertz CT molecular complexity index is 561. The molecule has 0 bridgehead atoms. The fraction of sp³-hybridized carbons (Fsp3) is 0.545. The van der Waals surface area contributed by atoms with Crippen LogP contribution < -0.4 is 5.32 Å². The number of hydrogen-bond acceptors (Lipinski definition) is 6. The Morgan fingerprint density at radius 3 is 2.89 bits per heavy atom. The highest BCUT2D eigenvalue weighted by Gasteiger charge is 2.08. The van der Waals surface area contributed by atoms with Gasteiger partial charge in [-0.1, -0.05) is 0 Å². The standard InChI is InChI=1S/C11H16N6OS/c1-7(2)17-15-10(14-16-17)5-4-9-6-12-11(19-9)13-8(3)18/h6-7H,4-5H2,1-3H3,(H,12,13,18). The summed E-state index contributed by atoms with van der Waals surface area (Å²) in [5, 5.41) is 15.6. The van der Waals surface area contributed by atoms with Crippen LogP contribution in [0, 0.1) is 0 Å². The van der Waals surface area contributed by atoms with Crippen molar-refractivity contribution in [1.82, 2.24) is 25.2 Å². The Morgan fingerprint density at radius 1 is 1.47 bits per heavy atom. The van der Waals surface area contributed by atoms with Gasteiger partial charge >= 0.3 is 0 Å². The van der Waals surface area contributed by atoms with E-state index in [9.17, 15) is 4.79 Å². The smallest absolute Gasteiger partial charge is 0.223 e. The minimum Gasteiger partial charge on any atom is -0.302 e. The number of hydrogen-bond donors (Lipinski definition) is 1. The van der Waals surface area contributed by atoms with Gasteiger partial charge in [-0.15, -0.1) is 21.5 Å². The highest BCUT2D eigenvalue weighted by molar-refractivity contribution is 7.15. The number of tetrazole rings is 1. The van der Waals surface area contributed by atoms with E-state index in [4.69, 9.17) is 0 Å². The quantitative estimate of drug-likeness (QED) is 0.896. The molecule has 8 heteroatoms. The highest BCUT2D eigenvalue weighted by atomic mass is 32.1.